The van der Waals surface area contributed by atoms with Gasteiger partial charge in [0.1, 0.15) is 0 Å². The summed E-state index contributed by atoms with van der Waals surface area (Å²) >= 11 is 9.49. The Balaban J connectivity index is 3.61. The fourth-order valence-corrected chi connectivity index (χ4v) is 0.830. The van der Waals surface area contributed by atoms with E-state index < -0.39 is 22.8 Å². The van der Waals surface area contributed by atoms with Gasteiger partial charge >= 0.3 is 22.8 Å². The Bertz CT molecular complexity index is 259. The second-order valence-corrected chi connectivity index (χ2v) is 2.89. The van der Waals surface area contributed by atoms with Crippen molar-refractivity contribution < 1.29 is 28.7 Å². The van der Waals surface area contributed by atoms with E-state index in [2.05, 4.69) is 9.47 Å². The first-order valence-corrected chi connectivity index (χ1v) is 4.47. The Morgan fingerprint density at radius 3 is 1.40 bits per heavy atom. The molecule has 0 aromatic carbocycles. The molecule has 0 aromatic rings. The largest absolute Gasteiger partial charge is 0.411 e. The topological polar surface area (TPSA) is 86.7 Å². The monoisotopic (exact) mass is 256 g/mol. The van der Waals surface area contributed by atoms with Crippen LogP contribution in [0, 0.1) is 0 Å². The zero-order chi connectivity index (χ0) is 11.8. The number of hydrogen-bond acceptors (Lipinski definition) is 6. The molecule has 0 N–H and O–H groups in total. The molecule has 0 aromatic heterocycles. The summed E-state index contributed by atoms with van der Waals surface area (Å²) < 4.78 is 7.91. The lowest BCUT2D eigenvalue weighted by Crippen LogP contribution is -2.09. The van der Waals surface area contributed by atoms with Crippen molar-refractivity contribution in [2.45, 2.75) is 19.3 Å². The lowest BCUT2D eigenvalue weighted by Gasteiger charge is -1.98. The molecule has 84 valence electrons. The summed E-state index contributed by atoms with van der Waals surface area (Å²) in [6.45, 7) is 0. The zero-order valence-electron chi connectivity index (χ0n) is 7.33. The molecule has 0 fully saturated rings. The van der Waals surface area contributed by atoms with Crippen molar-refractivity contribution in [2.75, 3.05) is 0 Å². The van der Waals surface area contributed by atoms with Crippen LogP contribution >= 0.6 is 23.2 Å². The van der Waals surface area contributed by atoms with Gasteiger partial charge in [0.15, 0.2) is 0 Å². The molecular formula is C7H6Cl2O6. The van der Waals surface area contributed by atoms with Gasteiger partial charge in [-0.05, 0) is 6.42 Å². The molecule has 15 heavy (non-hydrogen) atoms. The van der Waals surface area contributed by atoms with E-state index in [1.54, 1.807) is 0 Å². The van der Waals surface area contributed by atoms with E-state index >= 15 is 0 Å². The van der Waals surface area contributed by atoms with Gasteiger partial charge in [-0.2, -0.15) is 0 Å². The molecule has 0 saturated carbocycles. The molecule has 6 nitrogen and oxygen atoms in total. The minimum absolute atomic E-state index is 0.0615. The fraction of sp³-hybridized carbons (Fsp3) is 0.429. The molecule has 0 bridgehead atoms. The Hall–Kier alpha value is -1.14. The second-order valence-electron chi connectivity index (χ2n) is 2.28. The van der Waals surface area contributed by atoms with Crippen LogP contribution in [0.25, 0.3) is 0 Å². The van der Waals surface area contributed by atoms with Gasteiger partial charge in [-0.1, -0.05) is 0 Å². The molecule has 0 saturated heterocycles. The van der Waals surface area contributed by atoms with Gasteiger partial charge in [-0.15, -0.1) is 0 Å². The smallest absolute Gasteiger partial charge is 0.381 e. The Morgan fingerprint density at radius 1 is 0.800 bits per heavy atom. The highest BCUT2D eigenvalue weighted by atomic mass is 35.5. The van der Waals surface area contributed by atoms with Crippen LogP contribution in [0.2, 0.25) is 0 Å². The molecule has 0 spiro atoms. The number of hydrogen-bond donors (Lipinski definition) is 0. The van der Waals surface area contributed by atoms with E-state index in [9.17, 15) is 19.2 Å². The molecule has 0 rings (SSSR count). The van der Waals surface area contributed by atoms with Crippen LogP contribution in [0.4, 0.5) is 9.59 Å². The third kappa shape index (κ3) is 9.17. The normalized spacial score (nSPS) is 9.20. The second kappa shape index (κ2) is 7.19. The van der Waals surface area contributed by atoms with Gasteiger partial charge in [-0.25, -0.2) is 9.59 Å². The Labute approximate surface area is 94.4 Å². The first-order chi connectivity index (χ1) is 6.91. The van der Waals surface area contributed by atoms with Crippen LogP contribution in [0.3, 0.4) is 0 Å². The minimum atomic E-state index is -1.24. The number of carbonyl (C=O) groups is 4. The van der Waals surface area contributed by atoms with E-state index in [0.717, 1.165) is 0 Å². The number of carbonyl (C=O) groups excluding carboxylic acids is 4. The maximum absolute atomic E-state index is 10.7. The Kier molecular flexibility index (Phi) is 6.64. The van der Waals surface area contributed by atoms with Gasteiger partial charge in [-0.3, -0.25) is 9.59 Å². The van der Waals surface area contributed by atoms with E-state index in [-0.39, 0.29) is 19.3 Å². The maximum Gasteiger partial charge on any atom is 0.411 e. The van der Waals surface area contributed by atoms with Crippen LogP contribution in [0.1, 0.15) is 19.3 Å². The van der Waals surface area contributed by atoms with E-state index in [1.807, 2.05) is 0 Å². The molecule has 0 aliphatic heterocycles. The average Bonchev–Trinajstić information content (AvgIpc) is 2.00. The third-order valence-corrected chi connectivity index (χ3v) is 1.30. The van der Waals surface area contributed by atoms with Crippen LogP contribution in [-0.4, -0.2) is 22.8 Å². The number of esters is 2. The van der Waals surface area contributed by atoms with Crippen molar-refractivity contribution in [3.63, 3.8) is 0 Å². The number of ether oxygens (including phenoxy) is 2. The molecule has 0 radical (unpaired) electrons. The van der Waals surface area contributed by atoms with Crippen molar-refractivity contribution >= 4 is 46.0 Å². The quantitative estimate of drug-likeness (QED) is 0.434. The molecule has 0 unspecified atom stereocenters. The average molecular weight is 257 g/mol. The highest BCUT2D eigenvalue weighted by Gasteiger charge is 2.11. The summed E-state index contributed by atoms with van der Waals surface area (Å²) in [5.41, 5.74) is -2.47. The van der Waals surface area contributed by atoms with Crippen molar-refractivity contribution in [3.05, 3.63) is 0 Å². The van der Waals surface area contributed by atoms with Gasteiger partial charge in [0, 0.05) is 36.0 Å². The lowest BCUT2D eigenvalue weighted by atomic mass is 10.2. The standard InChI is InChI=1S/C7H6Cl2O6/c8-6(12)14-4(10)2-1-3-5(11)15-7(9)13/h1-3H2. The predicted molar refractivity (Wildman–Crippen MR) is 48.5 cm³/mol. The molecule has 0 amide bonds. The van der Waals surface area contributed by atoms with Crippen LogP contribution in [0.5, 0.6) is 0 Å². The van der Waals surface area contributed by atoms with Crippen molar-refractivity contribution in [3.8, 4) is 0 Å². The van der Waals surface area contributed by atoms with Gasteiger partial charge in [0.2, 0.25) is 0 Å². The minimum Gasteiger partial charge on any atom is -0.381 e. The third-order valence-electron chi connectivity index (χ3n) is 1.15. The van der Waals surface area contributed by atoms with Crippen molar-refractivity contribution in [1.82, 2.24) is 0 Å². The van der Waals surface area contributed by atoms with Crippen molar-refractivity contribution in [1.29, 1.82) is 0 Å². The summed E-state index contributed by atoms with van der Waals surface area (Å²) in [6, 6.07) is 0. The SMILES string of the molecule is O=C(Cl)OC(=O)CCCC(=O)OC(=O)Cl. The Morgan fingerprint density at radius 2 is 1.13 bits per heavy atom. The lowest BCUT2D eigenvalue weighted by molar-refractivity contribution is -0.138. The summed E-state index contributed by atoms with van der Waals surface area (Å²) in [7, 11) is 0. The number of halogens is 2. The molecule has 0 aliphatic rings. The fourth-order valence-electron chi connectivity index (χ4n) is 0.658. The molecule has 0 atom stereocenters. The highest BCUT2D eigenvalue weighted by molar-refractivity contribution is 6.62. The van der Waals surface area contributed by atoms with E-state index in [4.69, 9.17) is 23.2 Å². The van der Waals surface area contributed by atoms with Crippen LogP contribution in [-0.2, 0) is 19.1 Å². The first-order valence-electron chi connectivity index (χ1n) is 3.72. The van der Waals surface area contributed by atoms with Gasteiger partial charge < -0.3 is 9.47 Å². The zero-order valence-corrected chi connectivity index (χ0v) is 8.84. The maximum atomic E-state index is 10.7. The number of rotatable bonds is 4. The van der Waals surface area contributed by atoms with Crippen molar-refractivity contribution in [2.24, 2.45) is 0 Å². The summed E-state index contributed by atoms with van der Waals surface area (Å²) in [5.74, 6) is -1.72. The van der Waals surface area contributed by atoms with Crippen LogP contribution in [0.15, 0.2) is 0 Å². The van der Waals surface area contributed by atoms with Gasteiger partial charge in [0.05, 0.1) is 0 Å². The molecule has 8 heteroatoms. The van der Waals surface area contributed by atoms with E-state index in [1.165, 1.54) is 0 Å². The van der Waals surface area contributed by atoms with Gasteiger partial charge in [0.25, 0.3) is 0 Å². The van der Waals surface area contributed by atoms with E-state index in [0.29, 0.717) is 0 Å². The summed E-state index contributed by atoms with van der Waals surface area (Å²) in [5, 5.41) is 0. The summed E-state index contributed by atoms with van der Waals surface area (Å²) in [4.78, 5) is 41.5. The summed E-state index contributed by atoms with van der Waals surface area (Å²) in [6.07, 6.45) is -0.319. The molecule has 0 aliphatic carbocycles. The predicted octanol–water partition coefficient (Wildman–Crippen LogP) is 1.96. The first kappa shape index (κ1) is 13.9. The van der Waals surface area contributed by atoms with Crippen LogP contribution < -0.4 is 0 Å². The molecule has 0 heterocycles. The molecular weight excluding hydrogens is 251 g/mol. The highest BCUT2D eigenvalue weighted by Crippen LogP contribution is 2.02.